The molecule has 0 spiro atoms. The third kappa shape index (κ3) is 3.25. The van der Waals surface area contributed by atoms with E-state index in [1.165, 1.54) is 11.1 Å². The number of aryl methyl sites for hydroxylation is 2. The normalized spacial score (nSPS) is 10.3. The van der Waals surface area contributed by atoms with Crippen LogP contribution in [0.5, 0.6) is 11.5 Å². The molecule has 0 saturated carbocycles. The smallest absolute Gasteiger partial charge is 0.137 e. The van der Waals surface area contributed by atoms with Gasteiger partial charge >= 0.3 is 0 Å². The summed E-state index contributed by atoms with van der Waals surface area (Å²) in [6, 6.07) is 11.1. The third-order valence-corrected chi connectivity index (χ3v) is 3.37. The van der Waals surface area contributed by atoms with Crippen LogP contribution >= 0.6 is 23.8 Å². The number of benzene rings is 2. The summed E-state index contributed by atoms with van der Waals surface area (Å²) < 4.78 is 5.84. The van der Waals surface area contributed by atoms with Gasteiger partial charge in [0.25, 0.3) is 0 Å². The fourth-order valence-electron chi connectivity index (χ4n) is 1.69. The van der Waals surface area contributed by atoms with E-state index < -0.39 is 0 Å². The van der Waals surface area contributed by atoms with Gasteiger partial charge in [-0.1, -0.05) is 29.9 Å². The van der Waals surface area contributed by atoms with Gasteiger partial charge in [0, 0.05) is 5.02 Å². The molecule has 0 saturated heterocycles. The van der Waals surface area contributed by atoms with Crippen molar-refractivity contribution in [3.8, 4) is 11.5 Å². The molecule has 0 radical (unpaired) electrons. The van der Waals surface area contributed by atoms with Gasteiger partial charge in [-0.2, -0.15) is 0 Å². The predicted octanol–water partition coefficient (Wildman–Crippen LogP) is 4.38. The van der Waals surface area contributed by atoms with E-state index in [2.05, 4.69) is 6.92 Å². The molecule has 2 N–H and O–H groups in total. The summed E-state index contributed by atoms with van der Waals surface area (Å²) in [5.74, 6) is 1.36. The van der Waals surface area contributed by atoms with E-state index in [0.29, 0.717) is 16.3 Å². The van der Waals surface area contributed by atoms with Gasteiger partial charge in [-0.15, -0.1) is 0 Å². The molecular weight excluding hydrogens is 278 g/mol. The summed E-state index contributed by atoms with van der Waals surface area (Å²) >= 11 is 11.0. The Labute approximate surface area is 123 Å². The summed E-state index contributed by atoms with van der Waals surface area (Å²) in [6.45, 7) is 4.10. The Morgan fingerprint density at radius 1 is 1.11 bits per heavy atom. The minimum atomic E-state index is 0.265. The monoisotopic (exact) mass is 291 g/mol. The van der Waals surface area contributed by atoms with Crippen LogP contribution in [0, 0.1) is 13.8 Å². The van der Waals surface area contributed by atoms with Crippen molar-refractivity contribution >= 4 is 28.8 Å². The fourth-order valence-corrected chi connectivity index (χ4v) is 2.02. The average Bonchev–Trinajstić information content (AvgIpc) is 2.36. The molecule has 0 atom stereocenters. The van der Waals surface area contributed by atoms with Crippen molar-refractivity contribution in [1.29, 1.82) is 0 Å². The summed E-state index contributed by atoms with van der Waals surface area (Å²) in [5.41, 5.74) is 8.71. The molecule has 2 aromatic rings. The number of hydrogen-bond donors (Lipinski definition) is 1. The molecule has 0 aliphatic carbocycles. The zero-order valence-corrected chi connectivity index (χ0v) is 12.3. The van der Waals surface area contributed by atoms with Gasteiger partial charge in [0.15, 0.2) is 0 Å². The van der Waals surface area contributed by atoms with Crippen molar-refractivity contribution in [3.05, 3.63) is 58.1 Å². The summed E-state index contributed by atoms with van der Waals surface area (Å²) in [6.07, 6.45) is 0. The number of nitrogens with two attached hydrogens (primary N) is 1. The van der Waals surface area contributed by atoms with Crippen molar-refractivity contribution < 1.29 is 4.74 Å². The van der Waals surface area contributed by atoms with Crippen LogP contribution in [0.1, 0.15) is 16.7 Å². The Kier molecular flexibility index (Phi) is 4.08. The van der Waals surface area contributed by atoms with E-state index in [1.54, 1.807) is 18.2 Å². The highest BCUT2D eigenvalue weighted by molar-refractivity contribution is 7.80. The first-order chi connectivity index (χ1) is 8.97. The van der Waals surface area contributed by atoms with Crippen LogP contribution in [0.15, 0.2) is 36.4 Å². The summed E-state index contributed by atoms with van der Waals surface area (Å²) in [5, 5.41) is 0.579. The first kappa shape index (κ1) is 13.8. The molecule has 0 aliphatic heterocycles. The van der Waals surface area contributed by atoms with Gasteiger partial charge in [0.1, 0.15) is 16.5 Å². The molecular formula is C15H14ClNOS. The van der Waals surface area contributed by atoms with E-state index in [-0.39, 0.29) is 4.99 Å². The Balaban J connectivity index is 2.37. The second-order valence-electron chi connectivity index (χ2n) is 4.35. The Hall–Kier alpha value is -1.58. The van der Waals surface area contributed by atoms with Gasteiger partial charge in [-0.3, -0.25) is 0 Å². The van der Waals surface area contributed by atoms with Crippen molar-refractivity contribution in [2.75, 3.05) is 0 Å². The maximum atomic E-state index is 5.94. The van der Waals surface area contributed by atoms with Crippen LogP contribution in [0.3, 0.4) is 0 Å². The van der Waals surface area contributed by atoms with E-state index in [9.17, 15) is 0 Å². The summed E-state index contributed by atoms with van der Waals surface area (Å²) in [7, 11) is 0. The standard InChI is InChI=1S/C15H14ClNOS/c1-9-3-5-12(7-10(9)2)18-14-6-4-11(16)8-13(14)15(17)19/h3-8H,1-2H3,(H2,17,19). The van der Waals surface area contributed by atoms with Crippen molar-refractivity contribution in [1.82, 2.24) is 0 Å². The maximum Gasteiger partial charge on any atom is 0.137 e. The zero-order chi connectivity index (χ0) is 14.0. The number of halogens is 1. The highest BCUT2D eigenvalue weighted by Crippen LogP contribution is 2.28. The number of ether oxygens (including phenoxy) is 1. The molecule has 0 aromatic heterocycles. The van der Waals surface area contributed by atoms with E-state index in [4.69, 9.17) is 34.3 Å². The number of rotatable bonds is 3. The first-order valence-electron chi connectivity index (χ1n) is 5.82. The van der Waals surface area contributed by atoms with Crippen LogP contribution < -0.4 is 10.5 Å². The lowest BCUT2D eigenvalue weighted by Crippen LogP contribution is -2.10. The molecule has 19 heavy (non-hydrogen) atoms. The van der Waals surface area contributed by atoms with E-state index in [1.807, 2.05) is 25.1 Å². The van der Waals surface area contributed by atoms with Gasteiger partial charge in [-0.05, 0) is 55.3 Å². The first-order valence-corrected chi connectivity index (χ1v) is 6.60. The molecule has 2 rings (SSSR count). The van der Waals surface area contributed by atoms with E-state index >= 15 is 0 Å². The highest BCUT2D eigenvalue weighted by Gasteiger charge is 2.09. The van der Waals surface area contributed by atoms with Crippen molar-refractivity contribution in [2.24, 2.45) is 5.73 Å². The molecule has 0 unspecified atom stereocenters. The lowest BCUT2D eigenvalue weighted by Gasteiger charge is -2.12. The average molecular weight is 292 g/mol. The van der Waals surface area contributed by atoms with Crippen LogP contribution in [0.2, 0.25) is 5.02 Å². The van der Waals surface area contributed by atoms with Gasteiger partial charge in [0.2, 0.25) is 0 Å². The number of thiocarbonyl (C=S) groups is 1. The highest BCUT2D eigenvalue weighted by atomic mass is 35.5. The largest absolute Gasteiger partial charge is 0.457 e. The second-order valence-corrected chi connectivity index (χ2v) is 5.23. The maximum absolute atomic E-state index is 5.94. The molecule has 0 heterocycles. The van der Waals surface area contributed by atoms with E-state index in [0.717, 1.165) is 5.75 Å². The molecule has 4 heteroatoms. The number of hydrogen-bond acceptors (Lipinski definition) is 2. The van der Waals surface area contributed by atoms with Crippen LogP contribution in [-0.4, -0.2) is 4.99 Å². The topological polar surface area (TPSA) is 35.2 Å². The van der Waals surface area contributed by atoms with Gasteiger partial charge < -0.3 is 10.5 Å². The quantitative estimate of drug-likeness (QED) is 0.852. The molecule has 0 fully saturated rings. The van der Waals surface area contributed by atoms with Gasteiger partial charge in [0.05, 0.1) is 5.56 Å². The van der Waals surface area contributed by atoms with Gasteiger partial charge in [-0.25, -0.2) is 0 Å². The molecule has 98 valence electrons. The molecule has 2 nitrogen and oxygen atoms in total. The minimum absolute atomic E-state index is 0.265. The fraction of sp³-hybridized carbons (Fsp3) is 0.133. The second kappa shape index (κ2) is 5.59. The lowest BCUT2D eigenvalue weighted by atomic mass is 10.1. The molecule has 0 amide bonds. The summed E-state index contributed by atoms with van der Waals surface area (Å²) in [4.78, 5) is 0.265. The molecule has 0 aliphatic rings. The Morgan fingerprint density at radius 2 is 1.84 bits per heavy atom. The predicted molar refractivity (Wildman–Crippen MR) is 83.3 cm³/mol. The lowest BCUT2D eigenvalue weighted by molar-refractivity contribution is 0.481. The zero-order valence-electron chi connectivity index (χ0n) is 10.7. The SMILES string of the molecule is Cc1ccc(Oc2ccc(Cl)cc2C(N)=S)cc1C. The van der Waals surface area contributed by atoms with Crippen LogP contribution in [0.4, 0.5) is 0 Å². The molecule has 2 aromatic carbocycles. The Morgan fingerprint density at radius 3 is 2.47 bits per heavy atom. The van der Waals surface area contributed by atoms with Crippen LogP contribution in [-0.2, 0) is 0 Å². The van der Waals surface area contributed by atoms with Crippen molar-refractivity contribution in [2.45, 2.75) is 13.8 Å². The van der Waals surface area contributed by atoms with Crippen LogP contribution in [0.25, 0.3) is 0 Å². The third-order valence-electron chi connectivity index (χ3n) is 2.91. The minimum Gasteiger partial charge on any atom is -0.457 e. The Bertz CT molecular complexity index is 640. The molecule has 0 bridgehead atoms. The van der Waals surface area contributed by atoms with Crippen molar-refractivity contribution in [3.63, 3.8) is 0 Å².